The van der Waals surface area contributed by atoms with Crippen molar-refractivity contribution in [1.82, 2.24) is 10.3 Å². The first-order chi connectivity index (χ1) is 11.7. The van der Waals surface area contributed by atoms with E-state index in [4.69, 9.17) is 16.3 Å². The van der Waals surface area contributed by atoms with Crippen LogP contribution in [0.2, 0.25) is 5.02 Å². The van der Waals surface area contributed by atoms with Gasteiger partial charge in [0.2, 0.25) is 0 Å². The summed E-state index contributed by atoms with van der Waals surface area (Å²) >= 11 is 6.01. The monoisotopic (exact) mass is 340 g/mol. The average molecular weight is 341 g/mol. The highest BCUT2D eigenvalue weighted by atomic mass is 35.5. The van der Waals surface area contributed by atoms with Crippen molar-refractivity contribution in [3.05, 3.63) is 70.4 Å². The minimum Gasteiger partial charge on any atom is -0.468 e. The summed E-state index contributed by atoms with van der Waals surface area (Å²) in [5.41, 5.74) is 4.40. The summed E-state index contributed by atoms with van der Waals surface area (Å²) in [7, 11) is 1.42. The summed E-state index contributed by atoms with van der Waals surface area (Å²) in [6, 6.07) is 15.4. The van der Waals surface area contributed by atoms with Crippen LogP contribution in [0.5, 0.6) is 0 Å². The molecule has 0 amide bonds. The van der Waals surface area contributed by atoms with Crippen molar-refractivity contribution in [2.24, 2.45) is 0 Å². The third kappa shape index (κ3) is 2.48. The van der Waals surface area contributed by atoms with Gasteiger partial charge >= 0.3 is 5.97 Å². The van der Waals surface area contributed by atoms with Gasteiger partial charge in [0.15, 0.2) is 0 Å². The fourth-order valence-electron chi connectivity index (χ4n) is 3.45. The van der Waals surface area contributed by atoms with Crippen LogP contribution >= 0.6 is 11.6 Å². The van der Waals surface area contributed by atoms with Crippen LogP contribution in [0.25, 0.3) is 10.9 Å². The average Bonchev–Trinajstić information content (AvgIpc) is 2.99. The summed E-state index contributed by atoms with van der Waals surface area (Å²) < 4.78 is 4.96. The Morgan fingerprint density at radius 2 is 1.92 bits per heavy atom. The number of H-pyrrole nitrogens is 1. The molecule has 1 aromatic heterocycles. The molecule has 3 aromatic rings. The molecule has 2 heterocycles. The van der Waals surface area contributed by atoms with Crippen LogP contribution < -0.4 is 5.32 Å². The number of nitrogens with one attached hydrogen (secondary N) is 2. The molecule has 0 bridgehead atoms. The molecule has 1 aliphatic rings. The van der Waals surface area contributed by atoms with Gasteiger partial charge in [-0.25, -0.2) is 0 Å². The van der Waals surface area contributed by atoms with E-state index in [-0.39, 0.29) is 18.1 Å². The summed E-state index contributed by atoms with van der Waals surface area (Å²) in [4.78, 5) is 15.7. The maximum atomic E-state index is 12.1. The van der Waals surface area contributed by atoms with E-state index in [0.29, 0.717) is 11.4 Å². The van der Waals surface area contributed by atoms with Gasteiger partial charge in [0.1, 0.15) is 6.04 Å². The van der Waals surface area contributed by atoms with Crippen LogP contribution in [0, 0.1) is 0 Å². The number of hydrogen-bond acceptors (Lipinski definition) is 3. The summed E-state index contributed by atoms with van der Waals surface area (Å²) in [5.74, 6) is -0.245. The first kappa shape index (κ1) is 15.2. The SMILES string of the molecule is COC(=O)C1Cc2c([nH]c3ccccc23)C(c2ccc(Cl)cc2)N1. The van der Waals surface area contributed by atoms with Gasteiger partial charge in [-0.3, -0.25) is 10.1 Å². The number of aromatic nitrogens is 1. The molecular formula is C19H17ClN2O2. The first-order valence-electron chi connectivity index (χ1n) is 7.86. The van der Waals surface area contributed by atoms with Crippen molar-refractivity contribution in [2.45, 2.75) is 18.5 Å². The van der Waals surface area contributed by atoms with E-state index >= 15 is 0 Å². The summed E-state index contributed by atoms with van der Waals surface area (Å²) in [6.45, 7) is 0. The number of halogens is 1. The Labute approximate surface area is 144 Å². The highest BCUT2D eigenvalue weighted by Gasteiger charge is 2.34. The molecule has 0 aliphatic carbocycles. The number of esters is 1. The maximum absolute atomic E-state index is 12.1. The van der Waals surface area contributed by atoms with Crippen molar-refractivity contribution in [2.75, 3.05) is 7.11 Å². The number of rotatable bonds is 2. The van der Waals surface area contributed by atoms with E-state index in [9.17, 15) is 4.79 Å². The van der Waals surface area contributed by atoms with Gasteiger partial charge in [-0.15, -0.1) is 0 Å². The molecule has 4 rings (SSSR count). The van der Waals surface area contributed by atoms with Gasteiger partial charge in [-0.2, -0.15) is 0 Å². The number of methoxy groups -OCH3 is 1. The van der Waals surface area contributed by atoms with Gasteiger partial charge in [0.05, 0.1) is 13.2 Å². The summed E-state index contributed by atoms with van der Waals surface area (Å²) in [6.07, 6.45) is 0.607. The van der Waals surface area contributed by atoms with E-state index in [1.165, 1.54) is 12.7 Å². The molecule has 0 fully saturated rings. The number of benzene rings is 2. The number of carbonyl (C=O) groups excluding carboxylic acids is 1. The molecule has 2 N–H and O–H groups in total. The fraction of sp³-hybridized carbons (Fsp3) is 0.211. The molecule has 0 radical (unpaired) electrons. The van der Waals surface area contributed by atoms with Crippen LogP contribution in [-0.2, 0) is 16.0 Å². The lowest BCUT2D eigenvalue weighted by Crippen LogP contribution is -2.45. The second-order valence-electron chi connectivity index (χ2n) is 5.99. The van der Waals surface area contributed by atoms with Crippen molar-refractivity contribution < 1.29 is 9.53 Å². The van der Waals surface area contributed by atoms with Crippen LogP contribution in [0.1, 0.15) is 22.9 Å². The quantitative estimate of drug-likeness (QED) is 0.701. The molecule has 5 heteroatoms. The highest BCUT2D eigenvalue weighted by molar-refractivity contribution is 6.30. The third-order valence-corrected chi connectivity index (χ3v) is 4.85. The highest BCUT2D eigenvalue weighted by Crippen LogP contribution is 2.35. The minimum absolute atomic E-state index is 0.109. The Bertz CT molecular complexity index is 901. The van der Waals surface area contributed by atoms with E-state index in [0.717, 1.165) is 22.2 Å². The Morgan fingerprint density at radius 1 is 1.17 bits per heavy atom. The number of hydrogen-bond donors (Lipinski definition) is 2. The lowest BCUT2D eigenvalue weighted by molar-refractivity contribution is -0.143. The normalized spacial score (nSPS) is 19.9. The van der Waals surface area contributed by atoms with Gasteiger partial charge < -0.3 is 9.72 Å². The molecule has 122 valence electrons. The lowest BCUT2D eigenvalue weighted by Gasteiger charge is -2.30. The molecule has 0 spiro atoms. The van der Waals surface area contributed by atoms with Crippen LogP contribution in [0.3, 0.4) is 0 Å². The van der Waals surface area contributed by atoms with Crippen LogP contribution in [0.4, 0.5) is 0 Å². The number of aromatic amines is 1. The van der Waals surface area contributed by atoms with Crippen molar-refractivity contribution >= 4 is 28.5 Å². The number of para-hydroxylation sites is 1. The zero-order valence-electron chi connectivity index (χ0n) is 13.2. The molecule has 2 aromatic carbocycles. The van der Waals surface area contributed by atoms with Crippen LogP contribution in [-0.4, -0.2) is 24.1 Å². The molecule has 2 unspecified atom stereocenters. The fourth-order valence-corrected chi connectivity index (χ4v) is 3.57. The van der Waals surface area contributed by atoms with Crippen molar-refractivity contribution in [3.8, 4) is 0 Å². The van der Waals surface area contributed by atoms with E-state index in [1.54, 1.807) is 0 Å². The molecule has 1 aliphatic heterocycles. The van der Waals surface area contributed by atoms with Gasteiger partial charge in [-0.1, -0.05) is 41.9 Å². The Morgan fingerprint density at radius 3 is 2.67 bits per heavy atom. The van der Waals surface area contributed by atoms with Gasteiger partial charge in [-0.05, 0) is 29.3 Å². The Hall–Kier alpha value is -2.30. The molecule has 4 nitrogen and oxygen atoms in total. The Balaban J connectivity index is 1.86. The van der Waals surface area contributed by atoms with Gasteiger partial charge in [0.25, 0.3) is 0 Å². The zero-order chi connectivity index (χ0) is 16.7. The number of ether oxygens (including phenoxy) is 1. The van der Waals surface area contributed by atoms with Crippen molar-refractivity contribution in [1.29, 1.82) is 0 Å². The standard InChI is InChI=1S/C19H17ClN2O2/c1-24-19(23)16-10-14-13-4-2-3-5-15(13)21-18(14)17(22-16)11-6-8-12(20)9-7-11/h2-9,16-17,21-22H,10H2,1H3. The van der Waals surface area contributed by atoms with E-state index in [2.05, 4.69) is 22.4 Å². The van der Waals surface area contributed by atoms with E-state index < -0.39 is 0 Å². The number of carbonyl (C=O) groups is 1. The number of fused-ring (bicyclic) bond motifs is 3. The second-order valence-corrected chi connectivity index (χ2v) is 6.43. The third-order valence-electron chi connectivity index (χ3n) is 4.60. The lowest BCUT2D eigenvalue weighted by atomic mass is 9.90. The molecular weight excluding hydrogens is 324 g/mol. The zero-order valence-corrected chi connectivity index (χ0v) is 13.9. The smallest absolute Gasteiger partial charge is 0.323 e. The maximum Gasteiger partial charge on any atom is 0.323 e. The molecule has 24 heavy (non-hydrogen) atoms. The largest absolute Gasteiger partial charge is 0.468 e. The molecule has 0 saturated heterocycles. The van der Waals surface area contributed by atoms with E-state index in [1.807, 2.05) is 36.4 Å². The second kappa shape index (κ2) is 5.96. The predicted octanol–water partition coefficient (Wildman–Crippen LogP) is 3.60. The van der Waals surface area contributed by atoms with Gasteiger partial charge in [0, 0.05) is 28.0 Å². The van der Waals surface area contributed by atoms with Crippen LogP contribution in [0.15, 0.2) is 48.5 Å². The van der Waals surface area contributed by atoms with Crippen molar-refractivity contribution in [3.63, 3.8) is 0 Å². The Kier molecular flexibility index (Phi) is 3.79. The molecule has 2 atom stereocenters. The first-order valence-corrected chi connectivity index (χ1v) is 8.24. The minimum atomic E-state index is -0.373. The predicted molar refractivity (Wildman–Crippen MR) is 94.2 cm³/mol. The topological polar surface area (TPSA) is 54.1 Å². The summed E-state index contributed by atoms with van der Waals surface area (Å²) in [5, 5.41) is 5.25. The molecule has 0 saturated carbocycles.